The van der Waals surface area contributed by atoms with Gasteiger partial charge in [-0.15, -0.1) is 11.8 Å². The molecule has 0 aliphatic carbocycles. The average molecular weight is 228 g/mol. The molecule has 0 unspecified atom stereocenters. The predicted molar refractivity (Wildman–Crippen MR) is 55.8 cm³/mol. The van der Waals surface area contributed by atoms with Crippen molar-refractivity contribution in [1.29, 1.82) is 0 Å². The average Bonchev–Trinajstić information content (AvgIpc) is 2.26. The van der Waals surface area contributed by atoms with Gasteiger partial charge in [0.05, 0.1) is 7.11 Å². The van der Waals surface area contributed by atoms with Crippen LogP contribution in [0.5, 0.6) is 0 Å². The van der Waals surface area contributed by atoms with Gasteiger partial charge in [-0.25, -0.2) is 4.79 Å². The van der Waals surface area contributed by atoms with Crippen LogP contribution in [0.1, 0.15) is 6.92 Å². The fraction of sp³-hybridized carbons (Fsp3) is 0.556. The van der Waals surface area contributed by atoms with E-state index in [4.69, 9.17) is 5.73 Å². The molecule has 1 fully saturated rings. The minimum atomic E-state index is -0.484. The van der Waals surface area contributed by atoms with Crippen LogP contribution in [-0.4, -0.2) is 41.1 Å². The van der Waals surface area contributed by atoms with Crippen molar-refractivity contribution < 1.29 is 14.3 Å². The van der Waals surface area contributed by atoms with Gasteiger partial charge in [0.25, 0.3) is 0 Å². The normalized spacial score (nSPS) is 29.8. The number of hydrogen-bond acceptors (Lipinski definition) is 5. The zero-order valence-electron chi connectivity index (χ0n) is 8.52. The Morgan fingerprint density at radius 2 is 2.33 bits per heavy atom. The first-order valence-electron chi connectivity index (χ1n) is 4.56. The standard InChI is InChI=1S/C9H12N2O3S/c1-4-3-15-8-5(10)7(12)11(8)6(4)9(13)14-2/h5,8H,3,10H2,1-2H3/t5-,8-/m1/s1. The SMILES string of the molecule is COC(=O)C1=C(C)CS[C@@H]2[C@H](N)C(=O)N12. The zero-order chi connectivity index (χ0) is 11.2. The van der Waals surface area contributed by atoms with E-state index in [1.54, 1.807) is 11.8 Å². The summed E-state index contributed by atoms with van der Waals surface area (Å²) in [4.78, 5) is 24.5. The van der Waals surface area contributed by atoms with Gasteiger partial charge in [0.1, 0.15) is 17.1 Å². The van der Waals surface area contributed by atoms with Gasteiger partial charge in [-0.1, -0.05) is 0 Å². The van der Waals surface area contributed by atoms with E-state index in [1.165, 1.54) is 12.0 Å². The first-order valence-corrected chi connectivity index (χ1v) is 5.61. The van der Waals surface area contributed by atoms with Gasteiger partial charge in [0.2, 0.25) is 5.91 Å². The molecule has 2 aliphatic rings. The number of amides is 1. The molecular formula is C9H12N2O3S. The zero-order valence-corrected chi connectivity index (χ0v) is 9.34. The molecule has 2 atom stereocenters. The van der Waals surface area contributed by atoms with Crippen molar-refractivity contribution in [1.82, 2.24) is 4.90 Å². The molecule has 5 nitrogen and oxygen atoms in total. The number of nitrogens with two attached hydrogens (primary N) is 1. The van der Waals surface area contributed by atoms with Crippen molar-refractivity contribution in [3.05, 3.63) is 11.3 Å². The van der Waals surface area contributed by atoms with Crippen LogP contribution in [0, 0.1) is 0 Å². The Labute approximate surface area is 91.6 Å². The van der Waals surface area contributed by atoms with E-state index >= 15 is 0 Å². The third-order valence-electron chi connectivity index (χ3n) is 2.58. The van der Waals surface area contributed by atoms with E-state index in [2.05, 4.69) is 4.74 Å². The summed E-state index contributed by atoms with van der Waals surface area (Å²) in [5.41, 5.74) is 6.87. The van der Waals surface area contributed by atoms with Gasteiger partial charge >= 0.3 is 5.97 Å². The number of ether oxygens (including phenoxy) is 1. The molecule has 0 saturated carbocycles. The molecule has 82 valence electrons. The van der Waals surface area contributed by atoms with Crippen molar-refractivity contribution in [2.45, 2.75) is 18.3 Å². The molecule has 2 aliphatic heterocycles. The minimum Gasteiger partial charge on any atom is -0.464 e. The van der Waals surface area contributed by atoms with E-state index in [-0.39, 0.29) is 11.3 Å². The van der Waals surface area contributed by atoms with Crippen LogP contribution in [-0.2, 0) is 14.3 Å². The molecule has 15 heavy (non-hydrogen) atoms. The molecular weight excluding hydrogens is 216 g/mol. The Hall–Kier alpha value is -1.01. The van der Waals surface area contributed by atoms with Crippen LogP contribution in [0.15, 0.2) is 11.3 Å². The molecule has 0 aromatic rings. The number of hydrogen-bond donors (Lipinski definition) is 1. The molecule has 2 rings (SSSR count). The number of rotatable bonds is 1. The number of esters is 1. The van der Waals surface area contributed by atoms with Crippen LogP contribution in [0.3, 0.4) is 0 Å². The first-order chi connectivity index (χ1) is 7.07. The molecule has 2 heterocycles. The van der Waals surface area contributed by atoms with Crippen LogP contribution in [0.25, 0.3) is 0 Å². The highest BCUT2D eigenvalue weighted by molar-refractivity contribution is 8.00. The summed E-state index contributed by atoms with van der Waals surface area (Å²) in [5, 5.41) is -0.102. The number of thioether (sulfide) groups is 1. The second kappa shape index (κ2) is 3.53. The number of fused-ring (bicyclic) bond motifs is 1. The third-order valence-corrected chi connectivity index (χ3v) is 4.02. The first kappa shape index (κ1) is 10.5. The maximum absolute atomic E-state index is 11.5. The van der Waals surface area contributed by atoms with Crippen molar-refractivity contribution in [2.24, 2.45) is 5.73 Å². The Morgan fingerprint density at radius 3 is 2.93 bits per heavy atom. The van der Waals surface area contributed by atoms with Crippen molar-refractivity contribution >= 4 is 23.6 Å². The second-order valence-electron chi connectivity index (χ2n) is 3.56. The van der Waals surface area contributed by atoms with E-state index in [1.807, 2.05) is 6.92 Å². The van der Waals surface area contributed by atoms with Gasteiger partial charge in [-0.05, 0) is 12.5 Å². The van der Waals surface area contributed by atoms with Crippen molar-refractivity contribution in [3.63, 3.8) is 0 Å². The highest BCUT2D eigenvalue weighted by Crippen LogP contribution is 2.39. The number of carbonyl (C=O) groups excluding carboxylic acids is 2. The Kier molecular flexibility index (Phi) is 2.47. The fourth-order valence-electron chi connectivity index (χ4n) is 1.76. The Morgan fingerprint density at radius 1 is 1.67 bits per heavy atom. The lowest BCUT2D eigenvalue weighted by atomic mass is 10.0. The van der Waals surface area contributed by atoms with Crippen LogP contribution < -0.4 is 5.73 Å². The van der Waals surface area contributed by atoms with Crippen molar-refractivity contribution in [2.75, 3.05) is 12.9 Å². The fourth-order valence-corrected chi connectivity index (χ4v) is 3.00. The van der Waals surface area contributed by atoms with Crippen LogP contribution >= 0.6 is 11.8 Å². The largest absolute Gasteiger partial charge is 0.464 e. The number of carbonyl (C=O) groups is 2. The topological polar surface area (TPSA) is 72.6 Å². The second-order valence-corrected chi connectivity index (χ2v) is 4.66. The minimum absolute atomic E-state index is 0.102. The lowest BCUT2D eigenvalue weighted by Crippen LogP contribution is -2.68. The van der Waals surface area contributed by atoms with Gasteiger partial charge in [0.15, 0.2) is 0 Å². The van der Waals surface area contributed by atoms with Gasteiger partial charge in [0, 0.05) is 5.75 Å². The third kappa shape index (κ3) is 1.36. The van der Waals surface area contributed by atoms with Crippen molar-refractivity contribution in [3.8, 4) is 0 Å². The maximum atomic E-state index is 11.5. The van der Waals surface area contributed by atoms with Gasteiger partial charge in [-0.2, -0.15) is 0 Å². The summed E-state index contributed by atoms with van der Waals surface area (Å²) in [6, 6.07) is -0.484. The lowest BCUT2D eigenvalue weighted by molar-refractivity contribution is -0.149. The monoisotopic (exact) mass is 228 g/mol. The molecule has 0 spiro atoms. The molecule has 1 amide bonds. The van der Waals surface area contributed by atoms with E-state index in [0.29, 0.717) is 11.4 Å². The summed E-state index contributed by atoms with van der Waals surface area (Å²) in [6.07, 6.45) is 0. The molecule has 0 aromatic carbocycles. The summed E-state index contributed by atoms with van der Waals surface area (Å²) in [6.45, 7) is 1.83. The molecule has 0 radical (unpaired) electrons. The summed E-state index contributed by atoms with van der Waals surface area (Å²) >= 11 is 1.58. The number of β-lactam (4-membered cyclic amide) rings is 1. The summed E-state index contributed by atoms with van der Waals surface area (Å²) < 4.78 is 4.66. The number of methoxy groups -OCH3 is 1. The van der Waals surface area contributed by atoms with E-state index in [0.717, 1.165) is 5.57 Å². The lowest BCUT2D eigenvalue weighted by Gasteiger charge is -2.47. The summed E-state index contributed by atoms with van der Waals surface area (Å²) in [7, 11) is 1.31. The molecule has 0 bridgehead atoms. The highest BCUT2D eigenvalue weighted by atomic mass is 32.2. The molecule has 6 heteroatoms. The molecule has 1 saturated heterocycles. The van der Waals surface area contributed by atoms with Crippen LogP contribution in [0.2, 0.25) is 0 Å². The Balaban J connectivity index is 2.33. The highest BCUT2D eigenvalue weighted by Gasteiger charge is 2.51. The van der Waals surface area contributed by atoms with E-state index in [9.17, 15) is 9.59 Å². The van der Waals surface area contributed by atoms with E-state index < -0.39 is 12.0 Å². The summed E-state index contributed by atoms with van der Waals surface area (Å²) in [5.74, 6) is 0.0528. The van der Waals surface area contributed by atoms with Gasteiger partial charge < -0.3 is 10.5 Å². The van der Waals surface area contributed by atoms with Crippen LogP contribution in [0.4, 0.5) is 0 Å². The Bertz CT molecular complexity index is 366. The maximum Gasteiger partial charge on any atom is 0.354 e. The predicted octanol–water partition coefficient (Wildman–Crippen LogP) is -0.324. The smallest absolute Gasteiger partial charge is 0.354 e. The quantitative estimate of drug-likeness (QED) is 0.491. The molecule has 2 N–H and O–H groups in total. The number of nitrogens with zero attached hydrogens (tertiary/aromatic N) is 1. The molecule has 0 aromatic heterocycles. The van der Waals surface area contributed by atoms with Gasteiger partial charge in [-0.3, -0.25) is 9.69 Å².